The smallest absolute Gasteiger partial charge is 0.222 e. The minimum Gasteiger partial charge on any atom is -0.492 e. The van der Waals surface area contributed by atoms with Gasteiger partial charge in [0.15, 0.2) is 0 Å². The molecule has 2 heterocycles. The molecule has 7 heteroatoms. The Bertz CT molecular complexity index is 791. The van der Waals surface area contributed by atoms with Crippen LogP contribution in [0.2, 0.25) is 5.02 Å². The summed E-state index contributed by atoms with van der Waals surface area (Å²) >= 11 is 6.24. The topological polar surface area (TPSA) is 66.5 Å². The van der Waals surface area contributed by atoms with Crippen LogP contribution in [0.1, 0.15) is 32.3 Å². The number of nitrogens with one attached hydrogen (secondary N) is 2. The Hall–Kier alpha value is -2.31. The lowest BCUT2D eigenvalue weighted by Crippen LogP contribution is -2.43. The lowest BCUT2D eigenvalue weighted by Gasteiger charge is -2.36. The first-order valence-corrected chi connectivity index (χ1v) is 10.1. The second kappa shape index (κ2) is 9.75. The molecule has 1 aromatic carbocycles. The quantitative estimate of drug-likeness (QED) is 0.736. The van der Waals surface area contributed by atoms with Gasteiger partial charge in [-0.3, -0.25) is 4.79 Å². The van der Waals surface area contributed by atoms with Crippen molar-refractivity contribution in [3.8, 4) is 5.75 Å². The van der Waals surface area contributed by atoms with E-state index in [1.807, 2.05) is 43.5 Å². The SMILES string of the molecule is CCOc1cc(CN(c2ccc(NC(C)=O)nc2)C2CCNCC2)ccc1Cl. The van der Waals surface area contributed by atoms with Crippen molar-refractivity contribution in [3.63, 3.8) is 0 Å². The summed E-state index contributed by atoms with van der Waals surface area (Å²) in [6.07, 6.45) is 3.96. The average Bonchev–Trinajstić information content (AvgIpc) is 2.70. The molecule has 150 valence electrons. The maximum atomic E-state index is 11.2. The Morgan fingerprint density at radius 1 is 1.32 bits per heavy atom. The fourth-order valence-electron chi connectivity index (χ4n) is 3.47. The summed E-state index contributed by atoms with van der Waals surface area (Å²) < 4.78 is 5.65. The zero-order valence-corrected chi connectivity index (χ0v) is 17.1. The number of ether oxygens (including phenoxy) is 1. The second-order valence-electron chi connectivity index (χ2n) is 6.89. The van der Waals surface area contributed by atoms with Crippen LogP contribution in [-0.4, -0.2) is 36.6 Å². The number of rotatable bonds is 7. The molecule has 0 spiro atoms. The van der Waals surface area contributed by atoms with Crippen LogP contribution in [-0.2, 0) is 11.3 Å². The number of piperidine rings is 1. The first-order chi connectivity index (χ1) is 13.6. The molecule has 0 unspecified atom stereocenters. The van der Waals surface area contributed by atoms with Crippen molar-refractivity contribution in [1.82, 2.24) is 10.3 Å². The maximum absolute atomic E-state index is 11.2. The first kappa shape index (κ1) is 20.4. The van der Waals surface area contributed by atoms with E-state index < -0.39 is 0 Å². The maximum Gasteiger partial charge on any atom is 0.222 e. The molecule has 2 aromatic rings. The van der Waals surface area contributed by atoms with Crippen LogP contribution in [0.15, 0.2) is 36.5 Å². The highest BCUT2D eigenvalue weighted by molar-refractivity contribution is 6.32. The third kappa shape index (κ3) is 5.36. The van der Waals surface area contributed by atoms with Crippen molar-refractivity contribution in [3.05, 3.63) is 47.1 Å². The van der Waals surface area contributed by atoms with Crippen LogP contribution < -0.4 is 20.3 Å². The molecule has 0 atom stereocenters. The first-order valence-electron chi connectivity index (χ1n) is 9.69. The number of hydrogen-bond donors (Lipinski definition) is 2. The molecule has 1 saturated heterocycles. The number of carbonyl (C=O) groups excluding carboxylic acids is 1. The lowest BCUT2D eigenvalue weighted by atomic mass is 10.0. The summed E-state index contributed by atoms with van der Waals surface area (Å²) in [7, 11) is 0. The van der Waals surface area contributed by atoms with Gasteiger partial charge >= 0.3 is 0 Å². The number of amides is 1. The van der Waals surface area contributed by atoms with Gasteiger partial charge in [-0.25, -0.2) is 4.98 Å². The zero-order chi connectivity index (χ0) is 19.9. The minimum atomic E-state index is -0.125. The average molecular weight is 403 g/mol. The molecule has 3 rings (SSSR count). The Morgan fingerprint density at radius 3 is 2.75 bits per heavy atom. The van der Waals surface area contributed by atoms with E-state index in [4.69, 9.17) is 16.3 Å². The lowest BCUT2D eigenvalue weighted by molar-refractivity contribution is -0.114. The standard InChI is InChI=1S/C21H27ClN4O2/c1-3-28-20-12-16(4-6-19(20)22)14-26(17-8-10-23-11-9-17)18-5-7-21(24-13-18)25-15(2)27/h4-7,12-13,17,23H,3,8-11,14H2,1-2H3,(H,24,25,27). The summed E-state index contributed by atoms with van der Waals surface area (Å²) in [4.78, 5) is 18.0. The molecular formula is C21H27ClN4O2. The van der Waals surface area contributed by atoms with Crippen molar-refractivity contribution >= 4 is 29.0 Å². The van der Waals surface area contributed by atoms with Gasteiger partial charge in [-0.15, -0.1) is 0 Å². The molecule has 1 aliphatic heterocycles. The fraction of sp³-hybridized carbons (Fsp3) is 0.429. The van der Waals surface area contributed by atoms with Crippen LogP contribution in [0.4, 0.5) is 11.5 Å². The zero-order valence-electron chi connectivity index (χ0n) is 16.4. The molecule has 0 saturated carbocycles. The molecular weight excluding hydrogens is 376 g/mol. The van der Waals surface area contributed by atoms with Crippen LogP contribution in [0, 0.1) is 0 Å². The molecule has 1 aliphatic rings. The molecule has 1 amide bonds. The summed E-state index contributed by atoms with van der Waals surface area (Å²) in [5, 5.41) is 6.77. The number of aromatic nitrogens is 1. The summed E-state index contributed by atoms with van der Waals surface area (Å²) in [6, 6.07) is 10.2. The molecule has 0 bridgehead atoms. The number of halogens is 1. The van der Waals surface area contributed by atoms with Gasteiger partial charge in [0, 0.05) is 19.5 Å². The molecule has 1 fully saturated rings. The molecule has 0 aliphatic carbocycles. The third-order valence-electron chi connectivity index (χ3n) is 4.78. The van der Waals surface area contributed by atoms with Crippen molar-refractivity contribution < 1.29 is 9.53 Å². The van der Waals surface area contributed by atoms with Gasteiger partial charge in [-0.2, -0.15) is 0 Å². The van der Waals surface area contributed by atoms with E-state index in [2.05, 4.69) is 20.5 Å². The Morgan fingerprint density at radius 2 is 2.11 bits per heavy atom. The second-order valence-corrected chi connectivity index (χ2v) is 7.30. The van der Waals surface area contributed by atoms with Crippen molar-refractivity contribution in [1.29, 1.82) is 0 Å². The molecule has 28 heavy (non-hydrogen) atoms. The number of pyridine rings is 1. The highest BCUT2D eigenvalue weighted by Crippen LogP contribution is 2.29. The number of benzene rings is 1. The van der Waals surface area contributed by atoms with Crippen LogP contribution in [0.25, 0.3) is 0 Å². The molecule has 6 nitrogen and oxygen atoms in total. The largest absolute Gasteiger partial charge is 0.492 e. The van der Waals surface area contributed by atoms with E-state index in [0.717, 1.165) is 43.7 Å². The van der Waals surface area contributed by atoms with Crippen LogP contribution in [0.5, 0.6) is 5.75 Å². The molecule has 1 aromatic heterocycles. The number of hydrogen-bond acceptors (Lipinski definition) is 5. The van der Waals surface area contributed by atoms with E-state index in [0.29, 0.717) is 29.2 Å². The van der Waals surface area contributed by atoms with Gasteiger partial charge in [-0.1, -0.05) is 17.7 Å². The van der Waals surface area contributed by atoms with Gasteiger partial charge in [0.25, 0.3) is 0 Å². The van der Waals surface area contributed by atoms with E-state index in [9.17, 15) is 4.79 Å². The number of nitrogens with zero attached hydrogens (tertiary/aromatic N) is 2. The normalized spacial score (nSPS) is 14.5. The fourth-order valence-corrected chi connectivity index (χ4v) is 3.64. The van der Waals surface area contributed by atoms with Crippen LogP contribution >= 0.6 is 11.6 Å². The summed E-state index contributed by atoms with van der Waals surface area (Å²) in [6.45, 7) is 6.76. The van der Waals surface area contributed by atoms with Gasteiger partial charge in [-0.05, 0) is 62.7 Å². The predicted octanol–water partition coefficient (Wildman–Crippen LogP) is 3.85. The Labute approximate surface area is 171 Å². The van der Waals surface area contributed by atoms with Crippen LogP contribution in [0.3, 0.4) is 0 Å². The van der Waals surface area contributed by atoms with Gasteiger partial charge < -0.3 is 20.3 Å². The van der Waals surface area contributed by atoms with Gasteiger partial charge in [0.05, 0.1) is 23.5 Å². The Kier molecular flexibility index (Phi) is 7.12. The Balaban J connectivity index is 1.85. The molecule has 0 radical (unpaired) electrons. The van der Waals surface area contributed by atoms with Gasteiger partial charge in [0.1, 0.15) is 11.6 Å². The van der Waals surface area contributed by atoms with E-state index in [-0.39, 0.29) is 5.91 Å². The van der Waals surface area contributed by atoms with E-state index in [1.165, 1.54) is 6.92 Å². The highest BCUT2D eigenvalue weighted by atomic mass is 35.5. The van der Waals surface area contributed by atoms with E-state index in [1.54, 1.807) is 0 Å². The minimum absolute atomic E-state index is 0.125. The predicted molar refractivity (Wildman–Crippen MR) is 113 cm³/mol. The summed E-state index contributed by atoms with van der Waals surface area (Å²) in [5.74, 6) is 1.15. The van der Waals surface area contributed by atoms with E-state index >= 15 is 0 Å². The van der Waals surface area contributed by atoms with Crippen molar-refractivity contribution in [2.24, 2.45) is 0 Å². The number of anilines is 2. The molecule has 2 N–H and O–H groups in total. The van der Waals surface area contributed by atoms with Crippen molar-refractivity contribution in [2.45, 2.75) is 39.3 Å². The highest BCUT2D eigenvalue weighted by Gasteiger charge is 2.22. The number of carbonyl (C=O) groups is 1. The third-order valence-corrected chi connectivity index (χ3v) is 5.09. The monoisotopic (exact) mass is 402 g/mol. The summed E-state index contributed by atoms with van der Waals surface area (Å²) in [5.41, 5.74) is 2.17. The van der Waals surface area contributed by atoms with Gasteiger partial charge in [0.2, 0.25) is 5.91 Å². The van der Waals surface area contributed by atoms with Crippen molar-refractivity contribution in [2.75, 3.05) is 29.9 Å².